The van der Waals surface area contributed by atoms with Gasteiger partial charge in [0.2, 0.25) is 0 Å². The summed E-state index contributed by atoms with van der Waals surface area (Å²) in [6.45, 7) is 0. The lowest BCUT2D eigenvalue weighted by Gasteiger charge is -1.96. The number of hydrogen-bond donors (Lipinski definition) is 2. The molecule has 0 radical (unpaired) electrons. The van der Waals surface area contributed by atoms with Gasteiger partial charge in [0.25, 0.3) is 0 Å². The van der Waals surface area contributed by atoms with Crippen LogP contribution in [0.3, 0.4) is 0 Å². The van der Waals surface area contributed by atoms with Gasteiger partial charge in [-0.15, -0.1) is 0 Å². The maximum Gasteiger partial charge on any atom is 0.170 e. The Kier molecular flexibility index (Phi) is 2.55. The molecule has 74 valence electrons. The van der Waals surface area contributed by atoms with Crippen LogP contribution in [0.2, 0.25) is 5.02 Å². The minimum atomic E-state index is -2.59. The number of aromatic nitrogens is 1. The van der Waals surface area contributed by atoms with Crippen molar-refractivity contribution >= 4 is 49.1 Å². The van der Waals surface area contributed by atoms with Crippen LogP contribution >= 0.6 is 27.5 Å². The third-order valence-corrected chi connectivity index (χ3v) is 3.97. The molecule has 0 aliphatic rings. The molecular weight excluding hydrogens is 290 g/mol. The minimum Gasteiger partial charge on any atom is -0.359 e. The van der Waals surface area contributed by atoms with Gasteiger partial charge < -0.3 is 4.98 Å². The van der Waals surface area contributed by atoms with Crippen LogP contribution in [0.1, 0.15) is 0 Å². The fraction of sp³-hybridized carbons (Fsp3) is 0. The lowest BCUT2D eigenvalue weighted by atomic mass is 10.2. The number of hydrogen-bond acceptors (Lipinski definition) is 2. The Morgan fingerprint density at radius 2 is 2.07 bits per heavy atom. The highest BCUT2D eigenvalue weighted by Crippen LogP contribution is 2.32. The summed E-state index contributed by atoms with van der Waals surface area (Å²) in [6, 6.07) is 3.43. The SMILES string of the molecule is O=[SH](=O)c1c[nH]c2c(Cl)c(Br)ccc12. The van der Waals surface area contributed by atoms with Crippen LogP contribution in [0.4, 0.5) is 0 Å². The molecule has 0 aliphatic heterocycles. The van der Waals surface area contributed by atoms with E-state index in [2.05, 4.69) is 20.9 Å². The molecule has 6 heteroatoms. The molecule has 1 aromatic carbocycles. The molecule has 0 saturated heterocycles. The van der Waals surface area contributed by atoms with Crippen molar-refractivity contribution in [3.63, 3.8) is 0 Å². The van der Waals surface area contributed by atoms with Crippen molar-refractivity contribution in [1.29, 1.82) is 0 Å². The van der Waals surface area contributed by atoms with Gasteiger partial charge in [0.1, 0.15) is 0 Å². The number of H-pyrrole nitrogens is 1. The number of nitrogens with one attached hydrogen (secondary N) is 1. The molecule has 0 amide bonds. The zero-order chi connectivity index (χ0) is 10.3. The van der Waals surface area contributed by atoms with E-state index >= 15 is 0 Å². The van der Waals surface area contributed by atoms with E-state index in [0.717, 1.165) is 4.47 Å². The molecule has 0 saturated carbocycles. The van der Waals surface area contributed by atoms with E-state index < -0.39 is 10.7 Å². The van der Waals surface area contributed by atoms with E-state index in [1.807, 2.05) is 0 Å². The van der Waals surface area contributed by atoms with Crippen molar-refractivity contribution in [3.05, 3.63) is 27.8 Å². The molecular formula is C8H5BrClNO2S. The maximum atomic E-state index is 10.8. The van der Waals surface area contributed by atoms with E-state index in [-0.39, 0.29) is 4.90 Å². The van der Waals surface area contributed by atoms with Crippen LogP contribution < -0.4 is 0 Å². The van der Waals surface area contributed by atoms with Gasteiger partial charge in [-0.3, -0.25) is 0 Å². The summed E-state index contributed by atoms with van der Waals surface area (Å²) >= 11 is 9.23. The van der Waals surface area contributed by atoms with Crippen molar-refractivity contribution in [2.75, 3.05) is 0 Å². The molecule has 0 atom stereocenters. The summed E-state index contributed by atoms with van der Waals surface area (Å²) in [4.78, 5) is 3.10. The highest BCUT2D eigenvalue weighted by atomic mass is 79.9. The van der Waals surface area contributed by atoms with E-state index in [9.17, 15) is 8.42 Å². The summed E-state index contributed by atoms with van der Waals surface area (Å²) in [6.07, 6.45) is 1.44. The fourth-order valence-corrected chi connectivity index (χ4v) is 2.38. The van der Waals surface area contributed by atoms with Crippen LogP contribution in [0.15, 0.2) is 27.7 Å². The second kappa shape index (κ2) is 3.56. The third kappa shape index (κ3) is 1.45. The highest BCUT2D eigenvalue weighted by molar-refractivity contribution is 9.10. The summed E-state index contributed by atoms with van der Waals surface area (Å²) < 4.78 is 22.4. The first kappa shape index (κ1) is 10.0. The molecule has 1 aromatic heterocycles. The Balaban J connectivity index is 2.90. The second-order valence-corrected chi connectivity index (χ2v) is 4.94. The Labute approximate surface area is 95.2 Å². The standard InChI is InChI=1S/C8H5BrClNO2S/c9-5-2-1-4-6(14(12)13)3-11-8(4)7(5)10/h1-3,11,14H. The van der Waals surface area contributed by atoms with Crippen LogP contribution in [-0.2, 0) is 10.7 Å². The lowest BCUT2D eigenvalue weighted by molar-refractivity contribution is 0.615. The average Bonchev–Trinajstić information content (AvgIpc) is 2.55. The van der Waals surface area contributed by atoms with Crippen molar-refractivity contribution in [2.45, 2.75) is 4.90 Å². The van der Waals surface area contributed by atoms with Gasteiger partial charge >= 0.3 is 0 Å². The Morgan fingerprint density at radius 1 is 1.36 bits per heavy atom. The van der Waals surface area contributed by atoms with Gasteiger partial charge in [-0.25, -0.2) is 8.42 Å². The van der Waals surface area contributed by atoms with E-state index in [1.165, 1.54) is 6.20 Å². The van der Waals surface area contributed by atoms with Gasteiger partial charge in [-0.1, -0.05) is 17.7 Å². The first-order valence-electron chi connectivity index (χ1n) is 3.70. The Bertz CT molecular complexity index is 568. The largest absolute Gasteiger partial charge is 0.359 e. The number of benzene rings is 1. The molecule has 0 fully saturated rings. The van der Waals surface area contributed by atoms with Crippen LogP contribution in [0.25, 0.3) is 10.9 Å². The summed E-state index contributed by atoms with van der Waals surface area (Å²) in [5.41, 5.74) is 0.634. The molecule has 0 spiro atoms. The van der Waals surface area contributed by atoms with Crippen molar-refractivity contribution in [3.8, 4) is 0 Å². The van der Waals surface area contributed by atoms with Gasteiger partial charge in [0, 0.05) is 16.1 Å². The zero-order valence-corrected chi connectivity index (χ0v) is 9.99. The minimum absolute atomic E-state index is 0.268. The topological polar surface area (TPSA) is 49.9 Å². The Morgan fingerprint density at radius 3 is 2.71 bits per heavy atom. The Hall–Kier alpha value is -0.520. The van der Waals surface area contributed by atoms with Crippen LogP contribution in [-0.4, -0.2) is 13.4 Å². The average molecular weight is 295 g/mol. The lowest BCUT2D eigenvalue weighted by Crippen LogP contribution is -1.77. The second-order valence-electron chi connectivity index (χ2n) is 2.71. The van der Waals surface area contributed by atoms with E-state index in [0.29, 0.717) is 15.9 Å². The number of aromatic amines is 1. The fourth-order valence-electron chi connectivity index (χ4n) is 1.27. The predicted octanol–water partition coefficient (Wildman–Crippen LogP) is 2.55. The smallest absolute Gasteiger partial charge is 0.170 e. The molecule has 1 N–H and O–H groups in total. The van der Waals surface area contributed by atoms with Gasteiger partial charge in [-0.2, -0.15) is 0 Å². The molecule has 0 aliphatic carbocycles. The maximum absolute atomic E-state index is 10.8. The zero-order valence-electron chi connectivity index (χ0n) is 6.75. The normalized spacial score (nSPS) is 11.4. The van der Waals surface area contributed by atoms with E-state index in [1.54, 1.807) is 12.1 Å². The molecule has 3 nitrogen and oxygen atoms in total. The van der Waals surface area contributed by atoms with Gasteiger partial charge in [-0.05, 0) is 22.0 Å². The predicted molar refractivity (Wildman–Crippen MR) is 59.6 cm³/mol. The number of halogens is 2. The van der Waals surface area contributed by atoms with E-state index in [4.69, 9.17) is 11.6 Å². The number of rotatable bonds is 1. The highest BCUT2D eigenvalue weighted by Gasteiger charge is 2.10. The molecule has 14 heavy (non-hydrogen) atoms. The quantitative estimate of drug-likeness (QED) is 0.794. The van der Waals surface area contributed by atoms with Crippen molar-refractivity contribution in [2.24, 2.45) is 0 Å². The summed E-state index contributed by atoms with van der Waals surface area (Å²) in [5, 5.41) is 1.11. The summed E-state index contributed by atoms with van der Waals surface area (Å²) in [7, 11) is -2.59. The van der Waals surface area contributed by atoms with Crippen LogP contribution in [0, 0.1) is 0 Å². The molecule has 0 bridgehead atoms. The van der Waals surface area contributed by atoms with Gasteiger partial charge in [0.05, 0.1) is 15.4 Å². The van der Waals surface area contributed by atoms with Crippen molar-refractivity contribution < 1.29 is 8.42 Å². The summed E-state index contributed by atoms with van der Waals surface area (Å²) in [5.74, 6) is 0. The first-order chi connectivity index (χ1) is 6.61. The van der Waals surface area contributed by atoms with Crippen molar-refractivity contribution in [1.82, 2.24) is 4.98 Å². The molecule has 1 heterocycles. The third-order valence-electron chi connectivity index (χ3n) is 1.92. The number of thiol groups is 1. The van der Waals surface area contributed by atoms with Gasteiger partial charge in [0.15, 0.2) is 10.7 Å². The monoisotopic (exact) mass is 293 g/mol. The molecule has 2 rings (SSSR count). The molecule has 0 unspecified atom stereocenters. The number of fused-ring (bicyclic) bond motifs is 1. The molecule has 2 aromatic rings. The first-order valence-corrected chi connectivity index (χ1v) is 6.05. The van der Waals surface area contributed by atoms with Crippen LogP contribution in [0.5, 0.6) is 0 Å².